The molecule has 0 spiro atoms. The number of urea groups is 1. The number of carbonyl (C=O) groups is 1. The molecule has 0 radical (unpaired) electrons. The first-order chi connectivity index (χ1) is 10.2. The first-order valence-corrected chi connectivity index (χ1v) is 7.26. The SMILES string of the molecule is O=C(NSc1ccccc1Cl)Nc1noc2ccccc12. The third kappa shape index (κ3) is 3.12. The van der Waals surface area contributed by atoms with Gasteiger partial charge in [0.2, 0.25) is 0 Å². The minimum Gasteiger partial charge on any atom is -0.354 e. The van der Waals surface area contributed by atoms with Crippen LogP contribution in [0.25, 0.3) is 11.0 Å². The highest BCUT2D eigenvalue weighted by atomic mass is 35.5. The number of benzene rings is 2. The number of fused-ring (bicyclic) bond motifs is 1. The maximum atomic E-state index is 11.9. The van der Waals surface area contributed by atoms with E-state index in [0.29, 0.717) is 16.4 Å². The predicted octanol–water partition coefficient (Wildman–Crippen LogP) is 4.31. The average molecular weight is 320 g/mol. The van der Waals surface area contributed by atoms with E-state index in [1.54, 1.807) is 12.1 Å². The number of rotatable bonds is 3. The molecule has 0 bridgehead atoms. The second kappa shape index (κ2) is 6.07. The average Bonchev–Trinajstić information content (AvgIpc) is 2.90. The molecular weight excluding hydrogens is 310 g/mol. The minimum absolute atomic E-state index is 0.378. The maximum Gasteiger partial charge on any atom is 0.330 e. The standard InChI is InChI=1S/C14H10ClN3O2S/c15-10-6-2-4-8-12(10)21-18-14(19)16-13-9-5-1-3-7-11(9)20-17-13/h1-8H,(H2,16,17,18,19). The van der Waals surface area contributed by atoms with Crippen LogP contribution in [0.2, 0.25) is 5.02 Å². The van der Waals surface area contributed by atoms with E-state index < -0.39 is 6.03 Å². The lowest BCUT2D eigenvalue weighted by Crippen LogP contribution is -2.22. The van der Waals surface area contributed by atoms with Crippen LogP contribution in [0.15, 0.2) is 57.9 Å². The van der Waals surface area contributed by atoms with Gasteiger partial charge in [0.25, 0.3) is 0 Å². The highest BCUT2D eigenvalue weighted by Gasteiger charge is 2.11. The monoisotopic (exact) mass is 319 g/mol. The molecule has 0 fully saturated rings. The number of hydrogen-bond donors (Lipinski definition) is 2. The Morgan fingerprint density at radius 3 is 2.76 bits per heavy atom. The van der Waals surface area contributed by atoms with Gasteiger partial charge in [-0.15, -0.1) is 0 Å². The van der Waals surface area contributed by atoms with Crippen molar-refractivity contribution in [3.63, 3.8) is 0 Å². The van der Waals surface area contributed by atoms with E-state index in [4.69, 9.17) is 16.1 Å². The molecule has 7 heteroatoms. The van der Waals surface area contributed by atoms with Gasteiger partial charge in [-0.3, -0.25) is 10.0 Å². The van der Waals surface area contributed by atoms with E-state index in [9.17, 15) is 4.79 Å². The first-order valence-electron chi connectivity index (χ1n) is 6.07. The highest BCUT2D eigenvalue weighted by molar-refractivity contribution is 7.98. The van der Waals surface area contributed by atoms with Gasteiger partial charge in [0.1, 0.15) is 0 Å². The van der Waals surface area contributed by atoms with Crippen LogP contribution in [0.4, 0.5) is 10.6 Å². The van der Waals surface area contributed by atoms with Crippen LogP contribution in [-0.2, 0) is 0 Å². The lowest BCUT2D eigenvalue weighted by molar-refractivity contribution is 0.257. The van der Waals surface area contributed by atoms with Gasteiger partial charge in [0, 0.05) is 4.90 Å². The summed E-state index contributed by atoms with van der Waals surface area (Å²) >= 11 is 7.14. The van der Waals surface area contributed by atoms with E-state index in [-0.39, 0.29) is 0 Å². The van der Waals surface area contributed by atoms with E-state index >= 15 is 0 Å². The van der Waals surface area contributed by atoms with Crippen molar-refractivity contribution in [2.75, 3.05) is 5.32 Å². The van der Waals surface area contributed by atoms with E-state index in [1.165, 1.54) is 0 Å². The molecule has 3 rings (SSSR count). The van der Waals surface area contributed by atoms with E-state index in [2.05, 4.69) is 15.2 Å². The Bertz CT molecular complexity index is 790. The van der Waals surface area contributed by atoms with Crippen LogP contribution in [0.5, 0.6) is 0 Å². The fourth-order valence-electron chi connectivity index (χ4n) is 1.74. The topological polar surface area (TPSA) is 67.2 Å². The first kappa shape index (κ1) is 13.8. The molecule has 106 valence electrons. The number of para-hydroxylation sites is 1. The molecule has 21 heavy (non-hydrogen) atoms. The fraction of sp³-hybridized carbons (Fsp3) is 0. The normalized spacial score (nSPS) is 10.5. The number of halogens is 1. The highest BCUT2D eigenvalue weighted by Crippen LogP contribution is 2.25. The number of carbonyl (C=O) groups excluding carboxylic acids is 1. The molecule has 2 N–H and O–H groups in total. The fourth-order valence-corrected chi connectivity index (χ4v) is 2.56. The zero-order valence-corrected chi connectivity index (χ0v) is 12.2. The second-order valence-electron chi connectivity index (χ2n) is 4.12. The summed E-state index contributed by atoms with van der Waals surface area (Å²) in [6, 6.07) is 14.1. The number of aromatic nitrogens is 1. The Labute approximate surface area is 129 Å². The number of amides is 2. The van der Waals surface area contributed by atoms with Crippen molar-refractivity contribution in [2.45, 2.75) is 4.90 Å². The Balaban J connectivity index is 1.66. The van der Waals surface area contributed by atoms with Gasteiger partial charge >= 0.3 is 6.03 Å². The summed E-state index contributed by atoms with van der Waals surface area (Å²) in [5, 5.41) is 7.79. The maximum absolute atomic E-state index is 11.9. The van der Waals surface area contributed by atoms with Gasteiger partial charge in [0.05, 0.1) is 10.4 Å². The lowest BCUT2D eigenvalue weighted by Gasteiger charge is -2.05. The zero-order chi connectivity index (χ0) is 14.7. The summed E-state index contributed by atoms with van der Waals surface area (Å²) in [7, 11) is 0. The summed E-state index contributed by atoms with van der Waals surface area (Å²) in [6.45, 7) is 0. The molecule has 1 heterocycles. The van der Waals surface area contributed by atoms with Crippen molar-refractivity contribution in [3.8, 4) is 0 Å². The molecule has 2 amide bonds. The van der Waals surface area contributed by atoms with Crippen LogP contribution < -0.4 is 10.0 Å². The number of nitrogens with zero attached hydrogens (tertiary/aromatic N) is 1. The van der Waals surface area contributed by atoms with Crippen molar-refractivity contribution >= 4 is 46.4 Å². The summed E-state index contributed by atoms with van der Waals surface area (Å²) in [5.74, 6) is 0.378. The smallest absolute Gasteiger partial charge is 0.330 e. The molecule has 0 aliphatic carbocycles. The zero-order valence-electron chi connectivity index (χ0n) is 10.7. The molecular formula is C14H10ClN3O2S. The molecule has 0 atom stereocenters. The molecule has 1 aromatic heterocycles. The van der Waals surface area contributed by atoms with Gasteiger partial charge in [0.15, 0.2) is 11.4 Å². The number of hydrogen-bond acceptors (Lipinski definition) is 4. The Morgan fingerprint density at radius 2 is 1.90 bits per heavy atom. The Hall–Kier alpha value is -2.18. The van der Waals surface area contributed by atoms with Crippen LogP contribution in [-0.4, -0.2) is 11.2 Å². The number of nitrogens with one attached hydrogen (secondary N) is 2. The van der Waals surface area contributed by atoms with E-state index in [1.807, 2.05) is 36.4 Å². The quantitative estimate of drug-likeness (QED) is 0.706. The van der Waals surface area contributed by atoms with Gasteiger partial charge < -0.3 is 4.52 Å². The van der Waals surface area contributed by atoms with Crippen molar-refractivity contribution in [1.82, 2.24) is 9.88 Å². The van der Waals surface area contributed by atoms with Crippen molar-refractivity contribution in [1.29, 1.82) is 0 Å². The summed E-state index contributed by atoms with van der Waals surface area (Å²) in [6.07, 6.45) is 0. The molecule has 3 aromatic rings. The van der Waals surface area contributed by atoms with Crippen molar-refractivity contribution in [3.05, 3.63) is 53.6 Å². The number of anilines is 1. The van der Waals surface area contributed by atoms with Crippen molar-refractivity contribution < 1.29 is 9.32 Å². The van der Waals surface area contributed by atoms with Crippen LogP contribution in [0, 0.1) is 0 Å². The minimum atomic E-state index is -0.404. The van der Waals surface area contributed by atoms with Gasteiger partial charge in [-0.25, -0.2) is 4.79 Å². The third-order valence-electron chi connectivity index (χ3n) is 2.70. The molecule has 5 nitrogen and oxygen atoms in total. The molecule has 0 aliphatic heterocycles. The summed E-state index contributed by atoms with van der Waals surface area (Å²) in [4.78, 5) is 12.6. The van der Waals surface area contributed by atoms with Gasteiger partial charge in [-0.2, -0.15) is 0 Å². The Morgan fingerprint density at radius 1 is 1.14 bits per heavy atom. The van der Waals surface area contributed by atoms with Crippen LogP contribution >= 0.6 is 23.5 Å². The molecule has 0 aliphatic rings. The van der Waals surface area contributed by atoms with Crippen molar-refractivity contribution in [2.24, 2.45) is 0 Å². The molecule has 0 saturated carbocycles. The van der Waals surface area contributed by atoms with Gasteiger partial charge in [-0.05, 0) is 36.2 Å². The van der Waals surface area contributed by atoms with E-state index in [0.717, 1.165) is 22.2 Å². The van der Waals surface area contributed by atoms with Crippen LogP contribution in [0.3, 0.4) is 0 Å². The lowest BCUT2D eigenvalue weighted by atomic mass is 10.2. The Kier molecular flexibility index (Phi) is 3.98. The largest absolute Gasteiger partial charge is 0.354 e. The summed E-state index contributed by atoms with van der Waals surface area (Å²) < 4.78 is 7.75. The molecule has 0 saturated heterocycles. The predicted molar refractivity (Wildman–Crippen MR) is 83.5 cm³/mol. The van der Waals surface area contributed by atoms with Crippen LogP contribution in [0.1, 0.15) is 0 Å². The molecule has 0 unspecified atom stereocenters. The second-order valence-corrected chi connectivity index (χ2v) is 5.37. The summed E-state index contributed by atoms with van der Waals surface area (Å²) in [5.41, 5.74) is 0.617. The molecule has 2 aromatic carbocycles. The third-order valence-corrected chi connectivity index (χ3v) is 4.00. The van der Waals surface area contributed by atoms with Gasteiger partial charge in [-0.1, -0.05) is 41.0 Å².